The molecule has 2 aliphatic rings. The lowest BCUT2D eigenvalue weighted by molar-refractivity contribution is -0.139. The SMILES string of the molecule is COc1ncc(N2CCC[C@H]2COCC(=O)N2CCN(c3ncc(C(F)(F)F)cn3)CC2)cc1C(F)(F)F. The number of anilines is 2. The number of halogens is 6. The van der Waals surface area contributed by atoms with Crippen molar-refractivity contribution in [3.8, 4) is 5.88 Å². The Hall–Kier alpha value is -3.36. The van der Waals surface area contributed by atoms with Crippen molar-refractivity contribution in [2.75, 3.05) is 62.8 Å². The zero-order chi connectivity index (χ0) is 27.5. The van der Waals surface area contributed by atoms with E-state index in [0.29, 0.717) is 44.8 Å². The van der Waals surface area contributed by atoms with Gasteiger partial charge in [-0.25, -0.2) is 15.0 Å². The van der Waals surface area contributed by atoms with Gasteiger partial charge in [-0.05, 0) is 18.9 Å². The second kappa shape index (κ2) is 11.2. The van der Waals surface area contributed by atoms with Crippen LogP contribution in [0.5, 0.6) is 5.88 Å². The van der Waals surface area contributed by atoms with Crippen LogP contribution in [0.25, 0.3) is 0 Å². The van der Waals surface area contributed by atoms with E-state index in [-0.39, 0.29) is 31.1 Å². The summed E-state index contributed by atoms with van der Waals surface area (Å²) < 4.78 is 88.6. The van der Waals surface area contributed by atoms with Crippen LogP contribution in [0.2, 0.25) is 0 Å². The molecular weight excluding hydrogens is 522 g/mol. The predicted octanol–water partition coefficient (Wildman–Crippen LogP) is 3.25. The standard InChI is InChI=1S/C23H26F6N6O3/c1-37-20-18(23(27,28)29)9-17(12-30-20)35-4-2-3-16(35)13-38-14-19(36)33-5-7-34(8-6-33)21-31-10-15(11-32-21)22(24,25)26/h9-12,16H,2-8,13-14H2,1H3/t16-/m0/s1. The maximum absolute atomic E-state index is 13.4. The van der Waals surface area contributed by atoms with Gasteiger partial charge in [-0.3, -0.25) is 4.79 Å². The summed E-state index contributed by atoms with van der Waals surface area (Å²) in [6, 6.07) is 0.794. The summed E-state index contributed by atoms with van der Waals surface area (Å²) in [6.45, 7) is 1.81. The zero-order valence-corrected chi connectivity index (χ0v) is 20.4. The number of amides is 1. The van der Waals surface area contributed by atoms with E-state index < -0.39 is 29.4 Å². The van der Waals surface area contributed by atoms with Gasteiger partial charge >= 0.3 is 12.4 Å². The first-order chi connectivity index (χ1) is 18.0. The fourth-order valence-electron chi connectivity index (χ4n) is 4.47. The van der Waals surface area contributed by atoms with E-state index in [1.165, 1.54) is 6.20 Å². The molecule has 0 aromatic carbocycles. The lowest BCUT2D eigenvalue weighted by atomic mass is 10.2. The summed E-state index contributed by atoms with van der Waals surface area (Å²) in [5.41, 5.74) is -1.59. The van der Waals surface area contributed by atoms with E-state index in [1.54, 1.807) is 14.7 Å². The molecule has 2 aromatic rings. The van der Waals surface area contributed by atoms with Crippen molar-refractivity contribution in [2.24, 2.45) is 0 Å². The second-order valence-corrected chi connectivity index (χ2v) is 8.89. The smallest absolute Gasteiger partial charge is 0.421 e. The van der Waals surface area contributed by atoms with Crippen molar-refractivity contribution in [2.45, 2.75) is 31.2 Å². The number of methoxy groups -OCH3 is 1. The molecule has 2 aliphatic heterocycles. The molecule has 0 spiro atoms. The molecule has 0 saturated carbocycles. The average Bonchev–Trinajstić information content (AvgIpc) is 3.36. The Labute approximate surface area is 214 Å². The number of hydrogen-bond acceptors (Lipinski definition) is 8. The Morgan fingerprint density at radius 3 is 2.26 bits per heavy atom. The van der Waals surface area contributed by atoms with Crippen LogP contribution in [0.4, 0.5) is 38.0 Å². The minimum Gasteiger partial charge on any atom is -0.481 e. The molecule has 2 fully saturated rings. The highest BCUT2D eigenvalue weighted by atomic mass is 19.4. The number of nitrogens with zero attached hydrogens (tertiary/aromatic N) is 6. The number of carbonyl (C=O) groups is 1. The Bertz CT molecular complexity index is 1110. The normalized spacial score (nSPS) is 18.7. The lowest BCUT2D eigenvalue weighted by Crippen LogP contribution is -2.50. The van der Waals surface area contributed by atoms with Crippen LogP contribution in [0.3, 0.4) is 0 Å². The minimum atomic E-state index is -4.62. The molecule has 2 saturated heterocycles. The monoisotopic (exact) mass is 548 g/mol. The fraction of sp³-hybridized carbons (Fsp3) is 0.565. The minimum absolute atomic E-state index is 0.151. The number of ether oxygens (including phenoxy) is 2. The van der Waals surface area contributed by atoms with Gasteiger partial charge in [0, 0.05) is 45.1 Å². The molecule has 1 amide bonds. The van der Waals surface area contributed by atoms with Crippen LogP contribution in [0.1, 0.15) is 24.0 Å². The van der Waals surface area contributed by atoms with Crippen molar-refractivity contribution < 1.29 is 40.6 Å². The van der Waals surface area contributed by atoms with Gasteiger partial charge in [0.15, 0.2) is 0 Å². The van der Waals surface area contributed by atoms with Crippen LogP contribution < -0.4 is 14.5 Å². The van der Waals surface area contributed by atoms with Crippen LogP contribution in [-0.2, 0) is 21.9 Å². The Morgan fingerprint density at radius 1 is 0.974 bits per heavy atom. The first kappa shape index (κ1) is 27.7. The molecule has 4 rings (SSSR count). The summed E-state index contributed by atoms with van der Waals surface area (Å²) in [6.07, 6.45) is -4.90. The lowest BCUT2D eigenvalue weighted by Gasteiger charge is -2.35. The number of alkyl halides is 6. The van der Waals surface area contributed by atoms with Crippen molar-refractivity contribution in [3.63, 3.8) is 0 Å². The van der Waals surface area contributed by atoms with Gasteiger partial charge in [-0.15, -0.1) is 0 Å². The molecule has 1 atom stereocenters. The third-order valence-corrected chi connectivity index (χ3v) is 6.46. The number of rotatable bonds is 7. The number of aromatic nitrogens is 3. The zero-order valence-electron chi connectivity index (χ0n) is 20.4. The van der Waals surface area contributed by atoms with E-state index in [4.69, 9.17) is 9.47 Å². The number of hydrogen-bond donors (Lipinski definition) is 0. The van der Waals surface area contributed by atoms with Crippen LogP contribution in [-0.4, -0.2) is 84.8 Å². The number of carbonyl (C=O) groups excluding carboxylic acids is 1. The van der Waals surface area contributed by atoms with Crippen molar-refractivity contribution in [1.29, 1.82) is 0 Å². The molecule has 208 valence electrons. The van der Waals surface area contributed by atoms with E-state index >= 15 is 0 Å². The summed E-state index contributed by atoms with van der Waals surface area (Å²) in [7, 11) is 1.13. The molecule has 0 unspecified atom stereocenters. The summed E-state index contributed by atoms with van der Waals surface area (Å²) >= 11 is 0. The summed E-state index contributed by atoms with van der Waals surface area (Å²) in [5.74, 6) is -0.596. The van der Waals surface area contributed by atoms with Crippen molar-refractivity contribution in [1.82, 2.24) is 19.9 Å². The Morgan fingerprint density at radius 2 is 1.66 bits per heavy atom. The quantitative estimate of drug-likeness (QED) is 0.488. The molecule has 0 radical (unpaired) electrons. The van der Waals surface area contributed by atoms with Crippen LogP contribution >= 0.6 is 0 Å². The van der Waals surface area contributed by atoms with E-state index in [1.807, 2.05) is 0 Å². The van der Waals surface area contributed by atoms with Gasteiger partial charge in [0.1, 0.15) is 12.2 Å². The largest absolute Gasteiger partial charge is 0.481 e. The maximum atomic E-state index is 13.4. The molecular formula is C23H26F6N6O3. The van der Waals surface area contributed by atoms with Gasteiger partial charge in [0.05, 0.1) is 37.2 Å². The molecule has 0 bridgehead atoms. The first-order valence-electron chi connectivity index (χ1n) is 11.8. The molecule has 38 heavy (non-hydrogen) atoms. The van der Waals surface area contributed by atoms with Crippen LogP contribution in [0.15, 0.2) is 24.7 Å². The maximum Gasteiger partial charge on any atom is 0.421 e. The van der Waals surface area contributed by atoms with Gasteiger partial charge in [0.25, 0.3) is 0 Å². The van der Waals surface area contributed by atoms with Gasteiger partial charge in [-0.1, -0.05) is 0 Å². The Kier molecular flexibility index (Phi) is 8.13. The highest BCUT2D eigenvalue weighted by Gasteiger charge is 2.37. The highest BCUT2D eigenvalue weighted by molar-refractivity contribution is 5.77. The molecule has 2 aromatic heterocycles. The van der Waals surface area contributed by atoms with Gasteiger partial charge in [0.2, 0.25) is 17.7 Å². The molecule has 4 heterocycles. The topological polar surface area (TPSA) is 83.9 Å². The number of pyridine rings is 1. The third kappa shape index (κ3) is 6.37. The van der Waals surface area contributed by atoms with E-state index in [0.717, 1.165) is 32.0 Å². The van der Waals surface area contributed by atoms with Gasteiger partial charge in [-0.2, -0.15) is 26.3 Å². The fourth-order valence-corrected chi connectivity index (χ4v) is 4.47. The van der Waals surface area contributed by atoms with E-state index in [2.05, 4.69) is 15.0 Å². The van der Waals surface area contributed by atoms with Crippen LogP contribution in [0, 0.1) is 0 Å². The number of piperazine rings is 1. The first-order valence-corrected chi connectivity index (χ1v) is 11.8. The highest BCUT2D eigenvalue weighted by Crippen LogP contribution is 2.38. The molecule has 0 N–H and O–H groups in total. The van der Waals surface area contributed by atoms with Gasteiger partial charge < -0.3 is 24.2 Å². The van der Waals surface area contributed by atoms with Crippen molar-refractivity contribution >= 4 is 17.5 Å². The molecule has 0 aliphatic carbocycles. The summed E-state index contributed by atoms with van der Waals surface area (Å²) in [4.78, 5) is 29.0. The van der Waals surface area contributed by atoms with Crippen molar-refractivity contribution in [3.05, 3.63) is 35.8 Å². The third-order valence-electron chi connectivity index (χ3n) is 6.46. The predicted molar refractivity (Wildman–Crippen MR) is 123 cm³/mol. The molecule has 15 heteroatoms. The Balaban J connectivity index is 1.26. The van der Waals surface area contributed by atoms with E-state index in [9.17, 15) is 31.1 Å². The second-order valence-electron chi connectivity index (χ2n) is 8.89. The molecule has 9 nitrogen and oxygen atoms in total. The summed E-state index contributed by atoms with van der Waals surface area (Å²) in [5, 5.41) is 0. The average molecular weight is 548 g/mol.